The highest BCUT2D eigenvalue weighted by atomic mass is 79.9. The Hall–Kier alpha value is -1.39. The summed E-state index contributed by atoms with van der Waals surface area (Å²) in [5, 5.41) is 3.34. The molecular formula is C15H17BrN2O. The van der Waals surface area contributed by atoms with Crippen LogP contribution in [-0.4, -0.2) is 24.7 Å². The monoisotopic (exact) mass is 320 g/mol. The van der Waals surface area contributed by atoms with Gasteiger partial charge in [0, 0.05) is 35.9 Å². The molecule has 4 heteroatoms. The second-order valence-corrected chi connectivity index (χ2v) is 5.04. The van der Waals surface area contributed by atoms with Gasteiger partial charge in [0.1, 0.15) is 12.4 Å². The fourth-order valence-corrected chi connectivity index (χ4v) is 1.92. The van der Waals surface area contributed by atoms with Gasteiger partial charge in [-0.2, -0.15) is 0 Å². The molecule has 0 aliphatic carbocycles. The van der Waals surface area contributed by atoms with E-state index in [0.717, 1.165) is 35.4 Å². The van der Waals surface area contributed by atoms with Gasteiger partial charge in [0.25, 0.3) is 0 Å². The molecule has 0 saturated carbocycles. The third-order valence-electron chi connectivity index (χ3n) is 2.65. The Morgan fingerprint density at radius 3 is 2.63 bits per heavy atom. The van der Waals surface area contributed by atoms with Crippen LogP contribution >= 0.6 is 15.9 Å². The van der Waals surface area contributed by atoms with Gasteiger partial charge in [-0.1, -0.05) is 22.0 Å². The Morgan fingerprint density at radius 1 is 1.05 bits per heavy atom. The number of aromatic nitrogens is 1. The predicted molar refractivity (Wildman–Crippen MR) is 80.4 cm³/mol. The average Bonchev–Trinajstić information content (AvgIpc) is 2.46. The van der Waals surface area contributed by atoms with E-state index in [1.54, 1.807) is 0 Å². The molecular weight excluding hydrogens is 304 g/mol. The quantitative estimate of drug-likeness (QED) is 0.796. The molecule has 0 bridgehead atoms. The third-order valence-corrected chi connectivity index (χ3v) is 3.17. The van der Waals surface area contributed by atoms with Crippen molar-refractivity contribution in [2.24, 2.45) is 0 Å². The van der Waals surface area contributed by atoms with Gasteiger partial charge in [0.15, 0.2) is 0 Å². The van der Waals surface area contributed by atoms with E-state index >= 15 is 0 Å². The summed E-state index contributed by atoms with van der Waals surface area (Å²) in [6.45, 7) is 2.42. The summed E-state index contributed by atoms with van der Waals surface area (Å²) in [4.78, 5) is 4.28. The Bertz CT molecular complexity index is 473. The molecule has 1 aromatic heterocycles. The molecule has 0 spiro atoms. The molecule has 0 radical (unpaired) electrons. The van der Waals surface area contributed by atoms with Crippen LogP contribution in [0.4, 0.5) is 0 Å². The molecule has 0 fully saturated rings. The van der Waals surface area contributed by atoms with E-state index in [4.69, 9.17) is 4.74 Å². The van der Waals surface area contributed by atoms with Crippen molar-refractivity contribution in [2.45, 2.75) is 6.42 Å². The van der Waals surface area contributed by atoms with E-state index in [1.165, 1.54) is 0 Å². The van der Waals surface area contributed by atoms with Crippen LogP contribution in [0.5, 0.6) is 5.75 Å². The number of pyridine rings is 1. The van der Waals surface area contributed by atoms with Gasteiger partial charge >= 0.3 is 0 Å². The number of benzene rings is 1. The first kappa shape index (κ1) is 14.0. The smallest absolute Gasteiger partial charge is 0.119 e. The van der Waals surface area contributed by atoms with Crippen molar-refractivity contribution in [1.29, 1.82) is 0 Å². The van der Waals surface area contributed by atoms with E-state index in [9.17, 15) is 0 Å². The van der Waals surface area contributed by atoms with Crippen LogP contribution in [-0.2, 0) is 6.42 Å². The standard InChI is InChI=1S/C15H17BrN2O/c16-13-4-6-15(7-5-13)19-12-11-17-10-8-14-3-1-2-9-18-14/h1-7,9,17H,8,10-12H2. The Morgan fingerprint density at radius 2 is 1.89 bits per heavy atom. The lowest BCUT2D eigenvalue weighted by molar-refractivity contribution is 0.314. The predicted octanol–water partition coefficient (Wildman–Crippen LogP) is 3.06. The zero-order chi connectivity index (χ0) is 13.3. The zero-order valence-electron chi connectivity index (χ0n) is 10.7. The highest BCUT2D eigenvalue weighted by Crippen LogP contribution is 2.15. The van der Waals surface area contributed by atoms with Crippen LogP contribution in [0.1, 0.15) is 5.69 Å². The molecule has 0 unspecified atom stereocenters. The lowest BCUT2D eigenvalue weighted by atomic mass is 10.3. The van der Waals surface area contributed by atoms with Gasteiger partial charge in [-0.15, -0.1) is 0 Å². The maximum Gasteiger partial charge on any atom is 0.119 e. The number of ether oxygens (including phenoxy) is 1. The van der Waals surface area contributed by atoms with E-state index in [0.29, 0.717) is 6.61 Å². The first-order valence-electron chi connectivity index (χ1n) is 6.33. The highest BCUT2D eigenvalue weighted by molar-refractivity contribution is 9.10. The van der Waals surface area contributed by atoms with Gasteiger partial charge < -0.3 is 10.1 Å². The Balaban J connectivity index is 1.56. The topological polar surface area (TPSA) is 34.1 Å². The maximum absolute atomic E-state index is 5.61. The molecule has 3 nitrogen and oxygen atoms in total. The number of nitrogens with one attached hydrogen (secondary N) is 1. The minimum absolute atomic E-state index is 0.670. The summed E-state index contributed by atoms with van der Waals surface area (Å²) >= 11 is 3.40. The van der Waals surface area contributed by atoms with Crippen LogP contribution in [0.15, 0.2) is 53.1 Å². The Kier molecular flexibility index (Phi) is 5.85. The number of rotatable bonds is 7. The molecule has 1 heterocycles. The SMILES string of the molecule is Brc1ccc(OCCNCCc2ccccn2)cc1. The zero-order valence-corrected chi connectivity index (χ0v) is 12.3. The number of hydrogen-bond donors (Lipinski definition) is 1. The van der Waals surface area contributed by atoms with Crippen LogP contribution in [0.3, 0.4) is 0 Å². The number of halogens is 1. The van der Waals surface area contributed by atoms with Crippen LogP contribution in [0.2, 0.25) is 0 Å². The Labute approximate surface area is 122 Å². The van der Waals surface area contributed by atoms with Gasteiger partial charge in [0.2, 0.25) is 0 Å². The van der Waals surface area contributed by atoms with E-state index in [-0.39, 0.29) is 0 Å². The summed E-state index contributed by atoms with van der Waals surface area (Å²) in [5.74, 6) is 0.898. The van der Waals surface area contributed by atoms with Crippen molar-refractivity contribution in [3.8, 4) is 5.75 Å². The highest BCUT2D eigenvalue weighted by Gasteiger charge is 1.95. The lowest BCUT2D eigenvalue weighted by Crippen LogP contribution is -2.23. The molecule has 1 N–H and O–H groups in total. The largest absolute Gasteiger partial charge is 0.492 e. The van der Waals surface area contributed by atoms with Crippen LogP contribution in [0, 0.1) is 0 Å². The minimum Gasteiger partial charge on any atom is -0.492 e. The second-order valence-electron chi connectivity index (χ2n) is 4.12. The summed E-state index contributed by atoms with van der Waals surface area (Å²) in [6.07, 6.45) is 2.77. The van der Waals surface area contributed by atoms with Gasteiger partial charge in [-0.05, 0) is 36.4 Å². The van der Waals surface area contributed by atoms with Crippen molar-refractivity contribution < 1.29 is 4.74 Å². The molecule has 2 aromatic rings. The first-order valence-corrected chi connectivity index (χ1v) is 7.13. The normalized spacial score (nSPS) is 10.4. The van der Waals surface area contributed by atoms with E-state index < -0.39 is 0 Å². The molecule has 0 saturated heterocycles. The fraction of sp³-hybridized carbons (Fsp3) is 0.267. The van der Waals surface area contributed by atoms with Crippen molar-refractivity contribution >= 4 is 15.9 Å². The molecule has 1 aromatic carbocycles. The van der Waals surface area contributed by atoms with Crippen molar-refractivity contribution in [1.82, 2.24) is 10.3 Å². The van der Waals surface area contributed by atoms with Gasteiger partial charge in [0.05, 0.1) is 0 Å². The summed E-state index contributed by atoms with van der Waals surface area (Å²) in [7, 11) is 0. The molecule has 0 atom stereocenters. The molecule has 0 amide bonds. The van der Waals surface area contributed by atoms with Gasteiger partial charge in [-0.25, -0.2) is 0 Å². The summed E-state index contributed by atoms with van der Waals surface area (Å²) < 4.78 is 6.68. The first-order chi connectivity index (χ1) is 9.34. The van der Waals surface area contributed by atoms with Crippen molar-refractivity contribution in [3.05, 3.63) is 58.8 Å². The molecule has 0 aliphatic heterocycles. The van der Waals surface area contributed by atoms with Crippen LogP contribution in [0.25, 0.3) is 0 Å². The van der Waals surface area contributed by atoms with E-state index in [1.807, 2.05) is 48.7 Å². The van der Waals surface area contributed by atoms with Crippen molar-refractivity contribution in [2.75, 3.05) is 19.7 Å². The molecule has 100 valence electrons. The molecule has 0 aliphatic rings. The molecule has 2 rings (SSSR count). The minimum atomic E-state index is 0.670. The fourth-order valence-electron chi connectivity index (χ4n) is 1.66. The van der Waals surface area contributed by atoms with Crippen LogP contribution < -0.4 is 10.1 Å². The second kappa shape index (κ2) is 7.92. The van der Waals surface area contributed by atoms with Gasteiger partial charge in [-0.3, -0.25) is 4.98 Å². The molecule has 19 heavy (non-hydrogen) atoms. The maximum atomic E-state index is 5.61. The summed E-state index contributed by atoms with van der Waals surface area (Å²) in [6, 6.07) is 13.9. The van der Waals surface area contributed by atoms with E-state index in [2.05, 4.69) is 26.2 Å². The average molecular weight is 321 g/mol. The number of nitrogens with zero attached hydrogens (tertiary/aromatic N) is 1. The van der Waals surface area contributed by atoms with Crippen molar-refractivity contribution in [3.63, 3.8) is 0 Å². The third kappa shape index (κ3) is 5.41. The summed E-state index contributed by atoms with van der Waals surface area (Å²) in [5.41, 5.74) is 1.11. The number of hydrogen-bond acceptors (Lipinski definition) is 3. The lowest BCUT2D eigenvalue weighted by Gasteiger charge is -2.07.